The van der Waals surface area contributed by atoms with E-state index in [1.807, 2.05) is 36.4 Å². The lowest BCUT2D eigenvalue weighted by atomic mass is 10.0. The van der Waals surface area contributed by atoms with Gasteiger partial charge < -0.3 is 10.2 Å². The first-order valence-electron chi connectivity index (χ1n) is 8.25. The summed E-state index contributed by atoms with van der Waals surface area (Å²) in [5.74, 6) is -0.895. The number of nitriles is 1. The van der Waals surface area contributed by atoms with Gasteiger partial charge in [-0.1, -0.05) is 24.8 Å². The van der Waals surface area contributed by atoms with Gasteiger partial charge in [0.25, 0.3) is 0 Å². The lowest BCUT2D eigenvalue weighted by molar-refractivity contribution is -0.117. The Kier molecular flexibility index (Phi) is 4.18. The number of aromatic nitrogens is 1. The molecule has 4 rings (SSSR count). The SMILES string of the molecule is C=CC(=O)N1C[C@@H](C(=O)Nc2ccc3sc(C#N)nc3c2)c2ccccc21. The second-order valence-electron chi connectivity index (χ2n) is 6.07. The number of para-hydroxylation sites is 1. The third-order valence-corrected chi connectivity index (χ3v) is 5.42. The number of rotatable bonds is 3. The van der Waals surface area contributed by atoms with Crippen molar-refractivity contribution < 1.29 is 9.59 Å². The Labute approximate surface area is 159 Å². The van der Waals surface area contributed by atoms with Gasteiger partial charge >= 0.3 is 0 Å². The number of fused-ring (bicyclic) bond motifs is 2. The minimum Gasteiger partial charge on any atom is -0.325 e. The fourth-order valence-electron chi connectivity index (χ4n) is 3.23. The summed E-state index contributed by atoms with van der Waals surface area (Å²) in [6, 6.07) is 14.8. The molecule has 0 radical (unpaired) electrons. The number of carbonyl (C=O) groups is 2. The molecule has 1 atom stereocenters. The van der Waals surface area contributed by atoms with Crippen LogP contribution in [0.25, 0.3) is 10.2 Å². The molecule has 0 bridgehead atoms. The summed E-state index contributed by atoms with van der Waals surface area (Å²) in [6.07, 6.45) is 1.25. The predicted molar refractivity (Wildman–Crippen MR) is 105 cm³/mol. The number of thiazole rings is 1. The largest absolute Gasteiger partial charge is 0.325 e. The summed E-state index contributed by atoms with van der Waals surface area (Å²) in [4.78, 5) is 30.8. The van der Waals surface area contributed by atoms with E-state index >= 15 is 0 Å². The molecule has 0 saturated heterocycles. The summed E-state index contributed by atoms with van der Waals surface area (Å²) >= 11 is 1.31. The first kappa shape index (κ1) is 16.9. The van der Waals surface area contributed by atoms with Gasteiger partial charge in [0.2, 0.25) is 11.8 Å². The Morgan fingerprint density at radius 3 is 2.93 bits per heavy atom. The fraction of sp³-hybridized carbons (Fsp3) is 0.100. The van der Waals surface area contributed by atoms with Crippen LogP contribution in [0.1, 0.15) is 16.5 Å². The van der Waals surface area contributed by atoms with Crippen molar-refractivity contribution in [3.05, 3.63) is 65.7 Å². The van der Waals surface area contributed by atoms with Crippen LogP contribution in [0.4, 0.5) is 11.4 Å². The maximum Gasteiger partial charge on any atom is 0.250 e. The molecular weight excluding hydrogens is 360 g/mol. The molecule has 6 nitrogen and oxygen atoms in total. The highest BCUT2D eigenvalue weighted by atomic mass is 32.1. The fourth-order valence-corrected chi connectivity index (χ4v) is 3.98. The predicted octanol–water partition coefficient (Wildman–Crippen LogP) is 3.42. The molecule has 3 aromatic rings. The summed E-state index contributed by atoms with van der Waals surface area (Å²) in [7, 11) is 0. The number of benzene rings is 2. The summed E-state index contributed by atoms with van der Waals surface area (Å²) in [5.41, 5.74) is 2.82. The normalized spacial score (nSPS) is 15.2. The van der Waals surface area contributed by atoms with Gasteiger partial charge in [-0.05, 0) is 35.9 Å². The molecule has 1 aliphatic rings. The van der Waals surface area contributed by atoms with Crippen LogP contribution in [-0.2, 0) is 9.59 Å². The number of anilines is 2. The van der Waals surface area contributed by atoms with Crippen molar-refractivity contribution >= 4 is 44.7 Å². The zero-order valence-electron chi connectivity index (χ0n) is 14.2. The van der Waals surface area contributed by atoms with Gasteiger partial charge in [0.15, 0.2) is 5.01 Å². The molecule has 7 heteroatoms. The zero-order valence-corrected chi connectivity index (χ0v) is 15.0. The van der Waals surface area contributed by atoms with Gasteiger partial charge in [-0.15, -0.1) is 11.3 Å². The first-order chi connectivity index (χ1) is 13.1. The summed E-state index contributed by atoms with van der Waals surface area (Å²) < 4.78 is 0.888. The van der Waals surface area contributed by atoms with Gasteiger partial charge in [-0.3, -0.25) is 9.59 Å². The Bertz CT molecular complexity index is 1130. The van der Waals surface area contributed by atoms with Gasteiger partial charge in [0.05, 0.1) is 16.1 Å². The molecule has 0 aliphatic carbocycles. The lowest BCUT2D eigenvalue weighted by Crippen LogP contribution is -2.31. The van der Waals surface area contributed by atoms with Gasteiger partial charge in [0, 0.05) is 17.9 Å². The van der Waals surface area contributed by atoms with Crippen LogP contribution in [0.15, 0.2) is 55.1 Å². The maximum absolute atomic E-state index is 12.9. The third kappa shape index (κ3) is 2.96. The van der Waals surface area contributed by atoms with Crippen molar-refractivity contribution in [2.75, 3.05) is 16.8 Å². The Hall–Kier alpha value is -3.50. The molecule has 0 fully saturated rings. The standard InChI is InChI=1S/C20H14N4O2S/c1-2-19(25)24-11-14(13-5-3-4-6-16(13)24)20(26)22-12-7-8-17-15(9-12)23-18(10-21)27-17/h2-9,14H,1,11H2,(H,22,26)/t14-/m1/s1. The van der Waals surface area contributed by atoms with E-state index in [0.717, 1.165) is 16.0 Å². The Morgan fingerprint density at radius 1 is 1.33 bits per heavy atom. The molecule has 1 aromatic heterocycles. The number of amides is 2. The van der Waals surface area contributed by atoms with Crippen LogP contribution in [0.5, 0.6) is 0 Å². The molecule has 2 amide bonds. The van der Waals surface area contributed by atoms with Crippen molar-refractivity contribution in [1.29, 1.82) is 5.26 Å². The van der Waals surface area contributed by atoms with E-state index in [-0.39, 0.29) is 18.4 Å². The smallest absolute Gasteiger partial charge is 0.250 e. The molecule has 0 spiro atoms. The minimum absolute atomic E-state index is 0.197. The second-order valence-corrected chi connectivity index (χ2v) is 7.10. The van der Waals surface area contributed by atoms with Gasteiger partial charge in [-0.2, -0.15) is 5.26 Å². The van der Waals surface area contributed by atoms with E-state index in [0.29, 0.717) is 16.2 Å². The van der Waals surface area contributed by atoms with E-state index in [4.69, 9.17) is 5.26 Å². The Morgan fingerprint density at radius 2 is 2.15 bits per heavy atom. The molecule has 2 aromatic carbocycles. The highest BCUT2D eigenvalue weighted by molar-refractivity contribution is 7.19. The number of nitrogens with one attached hydrogen (secondary N) is 1. The van der Waals surface area contributed by atoms with Crippen molar-refractivity contribution in [2.24, 2.45) is 0 Å². The third-order valence-electron chi connectivity index (χ3n) is 4.48. The van der Waals surface area contributed by atoms with Crippen LogP contribution >= 0.6 is 11.3 Å². The highest BCUT2D eigenvalue weighted by Gasteiger charge is 2.35. The minimum atomic E-state index is -0.467. The van der Waals surface area contributed by atoms with Gasteiger partial charge in [0.1, 0.15) is 6.07 Å². The summed E-state index contributed by atoms with van der Waals surface area (Å²) in [5, 5.41) is 12.3. The van der Waals surface area contributed by atoms with Crippen molar-refractivity contribution in [3.63, 3.8) is 0 Å². The highest BCUT2D eigenvalue weighted by Crippen LogP contribution is 2.37. The number of carbonyl (C=O) groups excluding carboxylic acids is 2. The second kappa shape index (κ2) is 6.67. The summed E-state index contributed by atoms with van der Waals surface area (Å²) in [6.45, 7) is 3.80. The molecule has 1 N–H and O–H groups in total. The first-order valence-corrected chi connectivity index (χ1v) is 9.07. The molecule has 132 valence electrons. The number of hydrogen-bond donors (Lipinski definition) is 1. The topological polar surface area (TPSA) is 86.1 Å². The molecule has 0 saturated carbocycles. The van der Waals surface area contributed by atoms with Crippen molar-refractivity contribution in [1.82, 2.24) is 4.98 Å². The van der Waals surface area contributed by atoms with Crippen LogP contribution in [-0.4, -0.2) is 23.3 Å². The average Bonchev–Trinajstić information content (AvgIpc) is 3.28. The monoisotopic (exact) mass is 374 g/mol. The van der Waals surface area contributed by atoms with E-state index in [1.54, 1.807) is 17.0 Å². The molecule has 2 heterocycles. The van der Waals surface area contributed by atoms with E-state index < -0.39 is 5.92 Å². The average molecular weight is 374 g/mol. The Balaban J connectivity index is 1.61. The zero-order chi connectivity index (χ0) is 19.0. The van der Waals surface area contributed by atoms with E-state index in [1.165, 1.54) is 17.4 Å². The molecule has 0 unspecified atom stereocenters. The van der Waals surface area contributed by atoms with Crippen molar-refractivity contribution in [3.8, 4) is 6.07 Å². The number of nitrogens with zero attached hydrogens (tertiary/aromatic N) is 3. The lowest BCUT2D eigenvalue weighted by Gasteiger charge is -2.15. The molecule has 27 heavy (non-hydrogen) atoms. The van der Waals surface area contributed by atoms with Crippen LogP contribution in [0.3, 0.4) is 0 Å². The van der Waals surface area contributed by atoms with Crippen LogP contribution < -0.4 is 10.2 Å². The van der Waals surface area contributed by atoms with E-state index in [9.17, 15) is 9.59 Å². The van der Waals surface area contributed by atoms with Crippen LogP contribution in [0.2, 0.25) is 0 Å². The van der Waals surface area contributed by atoms with E-state index in [2.05, 4.69) is 16.9 Å². The quantitative estimate of drug-likeness (QED) is 0.712. The molecular formula is C20H14N4O2S. The molecule has 1 aliphatic heterocycles. The number of hydrogen-bond acceptors (Lipinski definition) is 5. The van der Waals surface area contributed by atoms with Crippen LogP contribution in [0, 0.1) is 11.3 Å². The maximum atomic E-state index is 12.9. The van der Waals surface area contributed by atoms with Crippen molar-refractivity contribution in [2.45, 2.75) is 5.92 Å². The van der Waals surface area contributed by atoms with Gasteiger partial charge in [-0.25, -0.2) is 4.98 Å².